The van der Waals surface area contributed by atoms with Gasteiger partial charge in [-0.05, 0) is 36.4 Å². The number of carbonyl (C=O) groups is 1. The van der Waals surface area contributed by atoms with Crippen molar-refractivity contribution in [3.8, 4) is 5.75 Å². The minimum Gasteiger partial charge on any atom is -0.502 e. The fraction of sp³-hybridized carbons (Fsp3) is 0. The topological polar surface area (TPSA) is 92.5 Å². The lowest BCUT2D eigenvalue weighted by Crippen LogP contribution is -2.12. The van der Waals surface area contributed by atoms with Crippen LogP contribution in [-0.4, -0.2) is 15.9 Å². The highest BCUT2D eigenvalue weighted by molar-refractivity contribution is 9.10. The standard InChI is InChI=1S/C15H11BrN2O4/c1-2-9-3-8-12(14(19)13(9)18(21)22)15(20)17-11-6-4-10(16)5-7-11/h2-8,19H,1H2,(H,17,20). The van der Waals surface area contributed by atoms with Crippen LogP contribution in [-0.2, 0) is 0 Å². The SMILES string of the molecule is C=Cc1ccc(C(=O)Nc2ccc(Br)cc2)c(O)c1[N+](=O)[O-]. The first-order chi connectivity index (χ1) is 10.4. The van der Waals surface area contributed by atoms with E-state index in [2.05, 4.69) is 27.8 Å². The molecule has 0 saturated carbocycles. The number of nitro groups is 1. The molecule has 22 heavy (non-hydrogen) atoms. The lowest BCUT2D eigenvalue weighted by atomic mass is 10.1. The van der Waals surface area contributed by atoms with Crippen molar-refractivity contribution < 1.29 is 14.8 Å². The van der Waals surface area contributed by atoms with E-state index in [1.807, 2.05) is 0 Å². The molecule has 0 unspecified atom stereocenters. The van der Waals surface area contributed by atoms with E-state index in [0.717, 1.165) is 4.47 Å². The summed E-state index contributed by atoms with van der Waals surface area (Å²) in [6, 6.07) is 9.46. The summed E-state index contributed by atoms with van der Waals surface area (Å²) >= 11 is 3.27. The Morgan fingerprint density at radius 3 is 2.45 bits per heavy atom. The average molecular weight is 363 g/mol. The Hall–Kier alpha value is -2.67. The molecule has 112 valence electrons. The molecule has 0 radical (unpaired) electrons. The van der Waals surface area contributed by atoms with Crippen molar-refractivity contribution in [2.75, 3.05) is 5.32 Å². The number of benzene rings is 2. The fourth-order valence-corrected chi connectivity index (χ4v) is 2.13. The van der Waals surface area contributed by atoms with Gasteiger partial charge in [0.05, 0.1) is 16.1 Å². The molecule has 2 N–H and O–H groups in total. The lowest BCUT2D eigenvalue weighted by Gasteiger charge is -2.08. The van der Waals surface area contributed by atoms with Gasteiger partial charge in [0.25, 0.3) is 5.91 Å². The number of hydrogen-bond acceptors (Lipinski definition) is 4. The van der Waals surface area contributed by atoms with Crippen molar-refractivity contribution in [2.45, 2.75) is 0 Å². The van der Waals surface area contributed by atoms with E-state index in [9.17, 15) is 20.0 Å². The summed E-state index contributed by atoms with van der Waals surface area (Å²) in [5, 5.41) is 23.6. The van der Waals surface area contributed by atoms with Gasteiger partial charge in [-0.15, -0.1) is 0 Å². The Morgan fingerprint density at radius 1 is 1.27 bits per heavy atom. The van der Waals surface area contributed by atoms with Crippen molar-refractivity contribution in [1.82, 2.24) is 0 Å². The first-order valence-corrected chi connectivity index (χ1v) is 6.93. The average Bonchev–Trinajstić information content (AvgIpc) is 2.48. The van der Waals surface area contributed by atoms with Gasteiger partial charge in [-0.3, -0.25) is 14.9 Å². The second-order valence-electron chi connectivity index (χ2n) is 4.32. The van der Waals surface area contributed by atoms with E-state index < -0.39 is 22.3 Å². The number of phenolic OH excluding ortho intramolecular Hbond substituents is 1. The molecular formula is C15H11BrN2O4. The first kappa shape index (κ1) is 15.7. The number of nitro benzene ring substituents is 1. The van der Waals surface area contributed by atoms with Crippen LogP contribution in [0.15, 0.2) is 47.4 Å². The van der Waals surface area contributed by atoms with Crippen molar-refractivity contribution in [1.29, 1.82) is 0 Å². The molecule has 1 amide bonds. The molecule has 0 atom stereocenters. The predicted octanol–water partition coefficient (Wildman–Crippen LogP) is 3.96. The molecule has 0 aliphatic rings. The molecule has 0 aliphatic heterocycles. The van der Waals surface area contributed by atoms with Crippen LogP contribution in [0.1, 0.15) is 15.9 Å². The molecule has 7 heteroatoms. The molecule has 2 aromatic carbocycles. The number of nitrogens with zero attached hydrogens (tertiary/aromatic N) is 1. The van der Waals surface area contributed by atoms with Crippen LogP contribution in [0.2, 0.25) is 0 Å². The third kappa shape index (κ3) is 3.15. The van der Waals surface area contributed by atoms with Gasteiger partial charge in [0.2, 0.25) is 5.75 Å². The number of aromatic hydroxyl groups is 1. The Bertz CT molecular complexity index is 757. The maximum Gasteiger partial charge on any atom is 0.318 e. The van der Waals surface area contributed by atoms with E-state index in [0.29, 0.717) is 5.69 Å². The number of nitrogens with one attached hydrogen (secondary N) is 1. The molecule has 0 heterocycles. The van der Waals surface area contributed by atoms with Crippen LogP contribution < -0.4 is 5.32 Å². The van der Waals surface area contributed by atoms with Gasteiger partial charge in [0.1, 0.15) is 0 Å². The van der Waals surface area contributed by atoms with Crippen LogP contribution >= 0.6 is 15.9 Å². The number of anilines is 1. The highest BCUT2D eigenvalue weighted by Gasteiger charge is 2.24. The van der Waals surface area contributed by atoms with E-state index >= 15 is 0 Å². The monoisotopic (exact) mass is 362 g/mol. The molecule has 0 aromatic heterocycles. The van der Waals surface area contributed by atoms with Crippen molar-refractivity contribution in [2.24, 2.45) is 0 Å². The number of hydrogen-bond donors (Lipinski definition) is 2. The molecular weight excluding hydrogens is 352 g/mol. The molecule has 0 saturated heterocycles. The van der Waals surface area contributed by atoms with Crippen LogP contribution in [0.4, 0.5) is 11.4 Å². The summed E-state index contributed by atoms with van der Waals surface area (Å²) in [4.78, 5) is 22.4. The molecule has 0 spiro atoms. The lowest BCUT2D eigenvalue weighted by molar-refractivity contribution is -0.386. The predicted molar refractivity (Wildman–Crippen MR) is 86.9 cm³/mol. The highest BCUT2D eigenvalue weighted by Crippen LogP contribution is 2.34. The van der Waals surface area contributed by atoms with Crippen molar-refractivity contribution >= 4 is 39.3 Å². The second kappa shape index (κ2) is 6.40. The van der Waals surface area contributed by atoms with Crippen LogP contribution in [0, 0.1) is 10.1 Å². The second-order valence-corrected chi connectivity index (χ2v) is 5.24. The Morgan fingerprint density at radius 2 is 1.91 bits per heavy atom. The molecule has 0 bridgehead atoms. The summed E-state index contributed by atoms with van der Waals surface area (Å²) in [6.45, 7) is 3.45. The number of amides is 1. The quantitative estimate of drug-likeness (QED) is 0.635. The molecule has 0 fully saturated rings. The number of phenols is 1. The van der Waals surface area contributed by atoms with Gasteiger partial charge in [-0.25, -0.2) is 0 Å². The van der Waals surface area contributed by atoms with E-state index in [1.54, 1.807) is 24.3 Å². The minimum absolute atomic E-state index is 0.141. The van der Waals surface area contributed by atoms with Gasteiger partial charge in [-0.2, -0.15) is 0 Å². The molecule has 2 rings (SSSR count). The van der Waals surface area contributed by atoms with Gasteiger partial charge in [-0.1, -0.05) is 28.6 Å². The summed E-state index contributed by atoms with van der Waals surface area (Å²) in [5.74, 6) is -1.32. The van der Waals surface area contributed by atoms with Gasteiger partial charge < -0.3 is 10.4 Å². The van der Waals surface area contributed by atoms with Gasteiger partial charge in [0.15, 0.2) is 0 Å². The maximum atomic E-state index is 12.2. The summed E-state index contributed by atoms with van der Waals surface area (Å²) in [5.41, 5.74) is -0.0792. The maximum absolute atomic E-state index is 12.2. The minimum atomic E-state index is -0.747. The van der Waals surface area contributed by atoms with Crippen molar-refractivity contribution in [3.63, 3.8) is 0 Å². The zero-order valence-electron chi connectivity index (χ0n) is 11.2. The number of halogens is 1. The van der Waals surface area contributed by atoms with Crippen LogP contribution in [0.3, 0.4) is 0 Å². The zero-order valence-corrected chi connectivity index (χ0v) is 12.8. The summed E-state index contributed by atoms with van der Waals surface area (Å²) in [7, 11) is 0. The Kier molecular flexibility index (Phi) is 4.57. The Labute approximate surface area is 134 Å². The van der Waals surface area contributed by atoms with Crippen LogP contribution in [0.5, 0.6) is 5.75 Å². The Balaban J connectivity index is 2.38. The van der Waals surface area contributed by atoms with Gasteiger partial charge in [0, 0.05) is 10.2 Å². The third-order valence-electron chi connectivity index (χ3n) is 2.93. The smallest absolute Gasteiger partial charge is 0.318 e. The largest absolute Gasteiger partial charge is 0.502 e. The summed E-state index contributed by atoms with van der Waals surface area (Å²) < 4.78 is 0.847. The third-order valence-corrected chi connectivity index (χ3v) is 3.46. The summed E-state index contributed by atoms with van der Waals surface area (Å²) in [6.07, 6.45) is 1.24. The van der Waals surface area contributed by atoms with E-state index in [1.165, 1.54) is 18.2 Å². The molecule has 2 aromatic rings. The normalized spacial score (nSPS) is 10.0. The fourth-order valence-electron chi connectivity index (χ4n) is 1.87. The highest BCUT2D eigenvalue weighted by atomic mass is 79.9. The van der Waals surface area contributed by atoms with Crippen molar-refractivity contribution in [3.05, 3.63) is 68.7 Å². The first-order valence-electron chi connectivity index (χ1n) is 6.13. The van der Waals surface area contributed by atoms with E-state index in [4.69, 9.17) is 0 Å². The zero-order chi connectivity index (χ0) is 16.3. The van der Waals surface area contributed by atoms with Crippen LogP contribution in [0.25, 0.3) is 6.08 Å². The van der Waals surface area contributed by atoms with E-state index in [-0.39, 0.29) is 11.1 Å². The molecule has 0 aliphatic carbocycles. The van der Waals surface area contributed by atoms with Gasteiger partial charge >= 0.3 is 5.69 Å². The molecule has 6 nitrogen and oxygen atoms in total. The number of rotatable bonds is 4. The number of carbonyl (C=O) groups excluding carboxylic acids is 1.